The van der Waals surface area contributed by atoms with Gasteiger partial charge in [0.15, 0.2) is 0 Å². The van der Waals surface area contributed by atoms with Gasteiger partial charge in [-0.15, -0.1) is 0 Å². The predicted octanol–water partition coefficient (Wildman–Crippen LogP) is 1.98. The minimum Gasteiger partial charge on any atom is -0.388 e. The third-order valence-corrected chi connectivity index (χ3v) is 1.86. The van der Waals surface area contributed by atoms with Gasteiger partial charge in [-0.05, 0) is 12.8 Å². The van der Waals surface area contributed by atoms with E-state index in [1.165, 1.54) is 12.8 Å². The summed E-state index contributed by atoms with van der Waals surface area (Å²) in [5.74, 6) is 0. The Bertz CT molecular complexity index is 107. The summed E-state index contributed by atoms with van der Waals surface area (Å²) in [5, 5.41) is 9.38. The van der Waals surface area contributed by atoms with Crippen LogP contribution in [0.4, 0.5) is 0 Å². The van der Waals surface area contributed by atoms with Crippen LogP contribution in [0.5, 0.6) is 0 Å². The van der Waals surface area contributed by atoms with Crippen LogP contribution in [0.1, 0.15) is 39.5 Å². The maximum atomic E-state index is 9.38. The molecular weight excluding hydrogens is 180 g/mol. The van der Waals surface area contributed by atoms with Gasteiger partial charge in [-0.1, -0.05) is 26.7 Å². The standard InChI is InChI=1S/C11H24O3/c1-3-5-6-8-14-10-11(12)9-13-7-4-2/h11-12H,3-10H2,1-2H3. The Morgan fingerprint density at radius 1 is 0.929 bits per heavy atom. The number of rotatable bonds is 10. The largest absolute Gasteiger partial charge is 0.388 e. The van der Waals surface area contributed by atoms with Crippen LogP contribution in [-0.4, -0.2) is 37.6 Å². The molecule has 0 bridgehead atoms. The van der Waals surface area contributed by atoms with E-state index in [9.17, 15) is 5.11 Å². The zero-order chi connectivity index (χ0) is 10.6. The van der Waals surface area contributed by atoms with Crippen LogP contribution in [0.3, 0.4) is 0 Å². The maximum absolute atomic E-state index is 9.38. The van der Waals surface area contributed by atoms with E-state index in [0.717, 1.165) is 19.4 Å². The molecule has 0 heterocycles. The second-order valence-electron chi connectivity index (χ2n) is 3.51. The number of hydrogen-bond donors (Lipinski definition) is 1. The first kappa shape index (κ1) is 13.9. The molecule has 0 aromatic carbocycles. The molecule has 0 saturated carbocycles. The number of aliphatic hydroxyl groups is 1. The molecule has 0 amide bonds. The fourth-order valence-corrected chi connectivity index (χ4v) is 1.09. The Morgan fingerprint density at radius 2 is 1.57 bits per heavy atom. The van der Waals surface area contributed by atoms with E-state index in [2.05, 4.69) is 6.92 Å². The Morgan fingerprint density at radius 3 is 2.14 bits per heavy atom. The molecule has 0 aliphatic heterocycles. The van der Waals surface area contributed by atoms with Crippen molar-refractivity contribution < 1.29 is 14.6 Å². The molecule has 3 heteroatoms. The van der Waals surface area contributed by atoms with E-state index in [1.807, 2.05) is 6.92 Å². The van der Waals surface area contributed by atoms with E-state index in [0.29, 0.717) is 19.8 Å². The van der Waals surface area contributed by atoms with Gasteiger partial charge in [-0.2, -0.15) is 0 Å². The lowest BCUT2D eigenvalue weighted by Crippen LogP contribution is -2.22. The van der Waals surface area contributed by atoms with Crippen molar-refractivity contribution in [3.05, 3.63) is 0 Å². The van der Waals surface area contributed by atoms with Gasteiger partial charge in [0, 0.05) is 13.2 Å². The van der Waals surface area contributed by atoms with Crippen LogP contribution in [-0.2, 0) is 9.47 Å². The highest BCUT2D eigenvalue weighted by Gasteiger charge is 2.03. The van der Waals surface area contributed by atoms with Crippen LogP contribution in [0.25, 0.3) is 0 Å². The van der Waals surface area contributed by atoms with E-state index in [4.69, 9.17) is 9.47 Å². The lowest BCUT2D eigenvalue weighted by Gasteiger charge is -2.11. The monoisotopic (exact) mass is 204 g/mol. The SMILES string of the molecule is CCCCCOCC(O)COCCC. The number of ether oxygens (including phenoxy) is 2. The molecule has 0 aromatic heterocycles. The van der Waals surface area contributed by atoms with Gasteiger partial charge in [-0.25, -0.2) is 0 Å². The van der Waals surface area contributed by atoms with Crippen molar-refractivity contribution in [1.29, 1.82) is 0 Å². The van der Waals surface area contributed by atoms with Crippen molar-refractivity contribution in [2.75, 3.05) is 26.4 Å². The van der Waals surface area contributed by atoms with Crippen molar-refractivity contribution >= 4 is 0 Å². The molecule has 0 aromatic rings. The van der Waals surface area contributed by atoms with Crippen molar-refractivity contribution in [3.63, 3.8) is 0 Å². The molecule has 0 aliphatic rings. The van der Waals surface area contributed by atoms with Gasteiger partial charge in [0.2, 0.25) is 0 Å². The summed E-state index contributed by atoms with van der Waals surface area (Å²) in [4.78, 5) is 0. The highest BCUT2D eigenvalue weighted by atomic mass is 16.5. The van der Waals surface area contributed by atoms with Crippen molar-refractivity contribution in [1.82, 2.24) is 0 Å². The lowest BCUT2D eigenvalue weighted by atomic mass is 10.3. The van der Waals surface area contributed by atoms with Gasteiger partial charge < -0.3 is 14.6 Å². The molecular formula is C11H24O3. The highest BCUT2D eigenvalue weighted by Crippen LogP contribution is 1.95. The summed E-state index contributed by atoms with van der Waals surface area (Å²) in [6, 6.07) is 0. The molecule has 3 nitrogen and oxygen atoms in total. The summed E-state index contributed by atoms with van der Waals surface area (Å²) < 4.78 is 10.5. The van der Waals surface area contributed by atoms with Crippen molar-refractivity contribution in [2.24, 2.45) is 0 Å². The Balaban J connectivity index is 3.06. The predicted molar refractivity (Wildman–Crippen MR) is 57.5 cm³/mol. The highest BCUT2D eigenvalue weighted by molar-refractivity contribution is 4.51. The second kappa shape index (κ2) is 11.0. The third kappa shape index (κ3) is 9.96. The van der Waals surface area contributed by atoms with Crippen molar-refractivity contribution in [2.45, 2.75) is 45.6 Å². The molecule has 0 radical (unpaired) electrons. The fourth-order valence-electron chi connectivity index (χ4n) is 1.09. The Labute approximate surface area is 87.4 Å². The summed E-state index contributed by atoms with van der Waals surface area (Å²) in [6.45, 7) is 6.46. The maximum Gasteiger partial charge on any atom is 0.101 e. The normalized spacial score (nSPS) is 13.1. The average Bonchev–Trinajstić information content (AvgIpc) is 2.18. The molecule has 0 aliphatic carbocycles. The van der Waals surface area contributed by atoms with Crippen LogP contribution in [0, 0.1) is 0 Å². The summed E-state index contributed by atoms with van der Waals surface area (Å²) in [7, 11) is 0. The Kier molecular flexibility index (Phi) is 10.9. The van der Waals surface area contributed by atoms with E-state index < -0.39 is 6.10 Å². The van der Waals surface area contributed by atoms with Crippen LogP contribution in [0.2, 0.25) is 0 Å². The summed E-state index contributed by atoms with van der Waals surface area (Å²) in [5.41, 5.74) is 0. The first-order valence-electron chi connectivity index (χ1n) is 5.64. The molecule has 0 saturated heterocycles. The zero-order valence-corrected chi connectivity index (χ0v) is 9.50. The first-order chi connectivity index (χ1) is 6.81. The molecule has 0 rings (SSSR count). The molecule has 1 N–H and O–H groups in total. The first-order valence-corrected chi connectivity index (χ1v) is 5.64. The smallest absolute Gasteiger partial charge is 0.101 e. The van der Waals surface area contributed by atoms with E-state index in [-0.39, 0.29) is 0 Å². The topological polar surface area (TPSA) is 38.7 Å². The lowest BCUT2D eigenvalue weighted by molar-refractivity contribution is -0.0192. The zero-order valence-electron chi connectivity index (χ0n) is 9.50. The molecule has 14 heavy (non-hydrogen) atoms. The number of hydrogen-bond acceptors (Lipinski definition) is 3. The molecule has 0 fully saturated rings. The fraction of sp³-hybridized carbons (Fsp3) is 1.00. The van der Waals surface area contributed by atoms with Gasteiger partial charge >= 0.3 is 0 Å². The quantitative estimate of drug-likeness (QED) is 0.553. The average molecular weight is 204 g/mol. The number of aliphatic hydroxyl groups excluding tert-OH is 1. The van der Waals surface area contributed by atoms with E-state index >= 15 is 0 Å². The number of unbranched alkanes of at least 4 members (excludes halogenated alkanes) is 2. The second-order valence-corrected chi connectivity index (χ2v) is 3.51. The minimum atomic E-state index is -0.469. The summed E-state index contributed by atoms with van der Waals surface area (Å²) >= 11 is 0. The molecule has 1 atom stereocenters. The molecule has 1 unspecified atom stereocenters. The van der Waals surface area contributed by atoms with E-state index in [1.54, 1.807) is 0 Å². The van der Waals surface area contributed by atoms with Crippen molar-refractivity contribution in [3.8, 4) is 0 Å². The van der Waals surface area contributed by atoms with Gasteiger partial charge in [0.1, 0.15) is 6.10 Å². The molecule has 86 valence electrons. The minimum absolute atomic E-state index is 0.390. The third-order valence-electron chi connectivity index (χ3n) is 1.86. The Hall–Kier alpha value is -0.120. The van der Waals surface area contributed by atoms with Gasteiger partial charge in [-0.3, -0.25) is 0 Å². The van der Waals surface area contributed by atoms with Gasteiger partial charge in [0.25, 0.3) is 0 Å². The molecule has 0 spiro atoms. The summed E-state index contributed by atoms with van der Waals surface area (Å²) in [6.07, 6.45) is 4.00. The van der Waals surface area contributed by atoms with Crippen LogP contribution < -0.4 is 0 Å². The van der Waals surface area contributed by atoms with Crippen LogP contribution >= 0.6 is 0 Å². The van der Waals surface area contributed by atoms with Crippen LogP contribution in [0.15, 0.2) is 0 Å². The van der Waals surface area contributed by atoms with Gasteiger partial charge in [0.05, 0.1) is 13.2 Å².